The number of likely N-dealkylation sites (tertiary alicyclic amines) is 1. The molecule has 6 nitrogen and oxygen atoms in total. The van der Waals surface area contributed by atoms with Gasteiger partial charge in [-0.05, 0) is 37.5 Å². The van der Waals surface area contributed by atoms with E-state index in [2.05, 4.69) is 17.1 Å². The normalized spacial score (nSPS) is 15.3. The van der Waals surface area contributed by atoms with Gasteiger partial charge < -0.3 is 19.7 Å². The van der Waals surface area contributed by atoms with Crippen molar-refractivity contribution < 1.29 is 14.3 Å². The van der Waals surface area contributed by atoms with Crippen molar-refractivity contribution in [2.45, 2.75) is 26.3 Å². The lowest BCUT2D eigenvalue weighted by Gasteiger charge is -2.33. The van der Waals surface area contributed by atoms with Crippen molar-refractivity contribution in [1.82, 2.24) is 10.2 Å². The van der Waals surface area contributed by atoms with Gasteiger partial charge in [-0.15, -0.1) is 24.0 Å². The number of nitrogens with zero attached hydrogens (tertiary/aromatic N) is 2. The largest absolute Gasteiger partial charge is 0.497 e. The number of guanidine groups is 1. The number of piperidine rings is 1. The van der Waals surface area contributed by atoms with Crippen LogP contribution in [0.2, 0.25) is 0 Å². The van der Waals surface area contributed by atoms with Gasteiger partial charge in [0, 0.05) is 19.6 Å². The van der Waals surface area contributed by atoms with E-state index in [0.29, 0.717) is 6.54 Å². The Bertz CT molecular complexity index is 555. The molecule has 7 heteroatoms. The van der Waals surface area contributed by atoms with Gasteiger partial charge in [-0.25, -0.2) is 4.99 Å². The second kappa shape index (κ2) is 11.2. The number of aliphatic imine (C=N–C) groups is 1. The molecule has 0 unspecified atom stereocenters. The first-order valence-corrected chi connectivity index (χ1v) is 8.42. The van der Waals surface area contributed by atoms with Crippen LogP contribution in [0.4, 0.5) is 0 Å². The minimum absolute atomic E-state index is 0. The molecule has 2 rings (SSSR count). The summed E-state index contributed by atoms with van der Waals surface area (Å²) in [5.41, 5.74) is 1.13. The molecule has 0 spiro atoms. The van der Waals surface area contributed by atoms with E-state index in [4.69, 9.17) is 14.5 Å². The zero-order valence-electron chi connectivity index (χ0n) is 15.2. The van der Waals surface area contributed by atoms with Gasteiger partial charge in [-0.2, -0.15) is 0 Å². The quantitative estimate of drug-likeness (QED) is 0.316. The molecule has 1 saturated heterocycles. The zero-order chi connectivity index (χ0) is 17.4. The van der Waals surface area contributed by atoms with Gasteiger partial charge >= 0.3 is 5.97 Å². The third kappa shape index (κ3) is 6.37. The second-order valence-electron chi connectivity index (χ2n) is 5.80. The molecule has 1 fully saturated rings. The molecule has 1 heterocycles. The molecule has 0 aliphatic carbocycles. The molecule has 0 atom stereocenters. The Labute approximate surface area is 167 Å². The van der Waals surface area contributed by atoms with Gasteiger partial charge in [-0.1, -0.05) is 12.1 Å². The summed E-state index contributed by atoms with van der Waals surface area (Å²) in [5.74, 6) is 1.65. The van der Waals surface area contributed by atoms with Crippen LogP contribution in [0.5, 0.6) is 5.75 Å². The van der Waals surface area contributed by atoms with Crippen LogP contribution >= 0.6 is 24.0 Å². The Morgan fingerprint density at radius 1 is 1.24 bits per heavy atom. The van der Waals surface area contributed by atoms with Gasteiger partial charge in [0.15, 0.2) is 5.96 Å². The number of nitrogens with one attached hydrogen (secondary N) is 1. The Morgan fingerprint density at radius 3 is 2.40 bits per heavy atom. The highest BCUT2D eigenvalue weighted by molar-refractivity contribution is 14.0. The van der Waals surface area contributed by atoms with Crippen LogP contribution in [0.15, 0.2) is 29.3 Å². The Hall–Kier alpha value is -1.51. The molecule has 1 aliphatic rings. The molecule has 1 aromatic carbocycles. The number of esters is 1. The smallest absolute Gasteiger partial charge is 0.308 e. The number of hydrogen-bond acceptors (Lipinski definition) is 4. The van der Waals surface area contributed by atoms with Crippen LogP contribution < -0.4 is 10.1 Å². The summed E-state index contributed by atoms with van der Waals surface area (Å²) in [7, 11) is 3.11. The molecule has 0 bridgehead atoms. The van der Waals surface area contributed by atoms with Crippen molar-refractivity contribution in [3.05, 3.63) is 29.8 Å². The number of methoxy groups -OCH3 is 2. The minimum atomic E-state index is -0.102. The molecule has 25 heavy (non-hydrogen) atoms. The highest BCUT2D eigenvalue weighted by Gasteiger charge is 2.26. The molecule has 0 saturated carbocycles. The Kier molecular flexibility index (Phi) is 9.62. The molecular weight excluding hydrogens is 433 g/mol. The number of halogens is 1. The Morgan fingerprint density at radius 2 is 1.88 bits per heavy atom. The third-order valence-electron chi connectivity index (χ3n) is 4.23. The summed E-state index contributed by atoms with van der Waals surface area (Å²) in [6.45, 7) is 5.12. The van der Waals surface area contributed by atoms with Crippen molar-refractivity contribution in [3.63, 3.8) is 0 Å². The number of benzene rings is 1. The van der Waals surface area contributed by atoms with Crippen molar-refractivity contribution in [2.75, 3.05) is 33.9 Å². The standard InChI is InChI=1S/C18H27N3O3.HI/c1-4-19-18(20-13-14-5-7-16(23-2)8-6-14)21-11-9-15(10-12-21)17(22)24-3;/h5-8,15H,4,9-13H2,1-3H3,(H,19,20);1H. The predicted molar refractivity (Wildman–Crippen MR) is 110 cm³/mol. The lowest BCUT2D eigenvalue weighted by molar-refractivity contribution is -0.146. The van der Waals surface area contributed by atoms with E-state index in [-0.39, 0.29) is 35.9 Å². The molecule has 1 N–H and O–H groups in total. The number of carbonyl (C=O) groups is 1. The van der Waals surface area contributed by atoms with Gasteiger partial charge in [-0.3, -0.25) is 4.79 Å². The average Bonchev–Trinajstić information content (AvgIpc) is 2.65. The number of rotatable bonds is 5. The van der Waals surface area contributed by atoms with Gasteiger partial charge in [0.05, 0.1) is 26.7 Å². The van der Waals surface area contributed by atoms with Crippen LogP contribution in [0.25, 0.3) is 0 Å². The lowest BCUT2D eigenvalue weighted by Crippen LogP contribution is -2.46. The maximum atomic E-state index is 11.6. The van der Waals surface area contributed by atoms with E-state index in [1.165, 1.54) is 7.11 Å². The molecule has 0 aromatic heterocycles. The van der Waals surface area contributed by atoms with Crippen LogP contribution in [0.3, 0.4) is 0 Å². The van der Waals surface area contributed by atoms with Crippen LogP contribution in [-0.4, -0.2) is 50.7 Å². The topological polar surface area (TPSA) is 63.2 Å². The van der Waals surface area contributed by atoms with Crippen molar-refractivity contribution >= 4 is 35.9 Å². The van der Waals surface area contributed by atoms with E-state index in [1.54, 1.807) is 7.11 Å². The molecule has 1 aliphatic heterocycles. The molecular formula is C18H28IN3O3. The zero-order valence-corrected chi connectivity index (χ0v) is 17.5. The summed E-state index contributed by atoms with van der Waals surface area (Å²) in [4.78, 5) is 18.6. The van der Waals surface area contributed by atoms with Crippen molar-refractivity contribution in [1.29, 1.82) is 0 Å². The van der Waals surface area contributed by atoms with E-state index < -0.39 is 0 Å². The van der Waals surface area contributed by atoms with Crippen LogP contribution in [-0.2, 0) is 16.1 Å². The van der Waals surface area contributed by atoms with Crippen molar-refractivity contribution in [2.24, 2.45) is 10.9 Å². The first kappa shape index (κ1) is 21.5. The molecule has 140 valence electrons. The molecule has 0 amide bonds. The lowest BCUT2D eigenvalue weighted by atomic mass is 9.97. The first-order chi connectivity index (χ1) is 11.7. The summed E-state index contributed by atoms with van der Waals surface area (Å²) in [6, 6.07) is 7.93. The van der Waals surface area contributed by atoms with Crippen molar-refractivity contribution in [3.8, 4) is 5.75 Å². The fourth-order valence-corrected chi connectivity index (χ4v) is 2.82. The van der Waals surface area contributed by atoms with E-state index in [9.17, 15) is 4.79 Å². The Balaban J connectivity index is 0.00000312. The molecule has 0 radical (unpaired) electrons. The maximum absolute atomic E-state index is 11.6. The minimum Gasteiger partial charge on any atom is -0.497 e. The van der Waals surface area contributed by atoms with Gasteiger partial charge in [0.2, 0.25) is 0 Å². The van der Waals surface area contributed by atoms with Crippen LogP contribution in [0, 0.1) is 5.92 Å². The summed E-state index contributed by atoms with van der Waals surface area (Å²) >= 11 is 0. The fraction of sp³-hybridized carbons (Fsp3) is 0.556. The molecule has 1 aromatic rings. The average molecular weight is 461 g/mol. The maximum Gasteiger partial charge on any atom is 0.308 e. The third-order valence-corrected chi connectivity index (χ3v) is 4.23. The van der Waals surface area contributed by atoms with Gasteiger partial charge in [0.25, 0.3) is 0 Å². The summed E-state index contributed by atoms with van der Waals surface area (Å²) in [5, 5.41) is 3.34. The highest BCUT2D eigenvalue weighted by Crippen LogP contribution is 2.19. The second-order valence-corrected chi connectivity index (χ2v) is 5.80. The predicted octanol–water partition coefficient (Wildman–Crippen LogP) is 2.66. The SMILES string of the molecule is CCNC(=NCc1ccc(OC)cc1)N1CCC(C(=O)OC)CC1.I. The van der Waals surface area contributed by atoms with E-state index >= 15 is 0 Å². The van der Waals surface area contributed by atoms with E-state index in [0.717, 1.165) is 49.7 Å². The first-order valence-electron chi connectivity index (χ1n) is 8.42. The number of carbonyl (C=O) groups excluding carboxylic acids is 1. The highest BCUT2D eigenvalue weighted by atomic mass is 127. The van der Waals surface area contributed by atoms with Gasteiger partial charge in [0.1, 0.15) is 5.75 Å². The number of hydrogen-bond donors (Lipinski definition) is 1. The summed E-state index contributed by atoms with van der Waals surface area (Å²) < 4.78 is 10.0. The monoisotopic (exact) mass is 461 g/mol. The van der Waals surface area contributed by atoms with E-state index in [1.807, 2.05) is 24.3 Å². The fourth-order valence-electron chi connectivity index (χ4n) is 2.82. The number of ether oxygens (including phenoxy) is 2. The van der Waals surface area contributed by atoms with Crippen LogP contribution in [0.1, 0.15) is 25.3 Å². The summed E-state index contributed by atoms with van der Waals surface area (Å²) in [6.07, 6.45) is 1.61.